The second-order valence-corrected chi connectivity index (χ2v) is 9.62. The predicted octanol–water partition coefficient (Wildman–Crippen LogP) is 7.64. The zero-order valence-corrected chi connectivity index (χ0v) is 21.4. The van der Waals surface area contributed by atoms with E-state index < -0.39 is 0 Å². The Morgan fingerprint density at radius 3 is 1.85 bits per heavy atom. The molecule has 0 unspecified atom stereocenters. The Balaban J connectivity index is 1.65. The molecule has 0 saturated carbocycles. The summed E-state index contributed by atoms with van der Waals surface area (Å²) in [4.78, 5) is 19.2. The van der Waals surface area contributed by atoms with Crippen molar-refractivity contribution in [1.82, 2.24) is 29.1 Å². The maximum Gasteiger partial charge on any atom is 0.131 e. The number of pyridine rings is 4. The molecular weight excluding hydrogens is 492 g/mol. The number of fused-ring (bicyclic) bond motifs is 5. The lowest BCUT2D eigenvalue weighted by Crippen LogP contribution is -2.03. The molecular formula is C34H22N6. The number of benzene rings is 2. The largest absolute Gasteiger partial charge is 0.295 e. The molecule has 6 heteroatoms. The molecule has 8 aromatic rings. The summed E-state index contributed by atoms with van der Waals surface area (Å²) >= 11 is 0. The smallest absolute Gasteiger partial charge is 0.131 e. The van der Waals surface area contributed by atoms with E-state index in [1.54, 1.807) is 6.20 Å². The zero-order chi connectivity index (χ0) is 26.5. The van der Waals surface area contributed by atoms with E-state index in [1.165, 1.54) is 0 Å². The molecule has 6 aromatic heterocycles. The van der Waals surface area contributed by atoms with Crippen LogP contribution in [0.3, 0.4) is 0 Å². The summed E-state index contributed by atoms with van der Waals surface area (Å²) in [6.45, 7) is 0. The van der Waals surface area contributed by atoms with Crippen molar-refractivity contribution >= 4 is 32.8 Å². The average Bonchev–Trinajstić information content (AvgIpc) is 3.55. The van der Waals surface area contributed by atoms with Gasteiger partial charge in [0.2, 0.25) is 0 Å². The highest BCUT2D eigenvalue weighted by Crippen LogP contribution is 2.43. The maximum atomic E-state index is 5.21. The molecule has 8 rings (SSSR count). The summed E-state index contributed by atoms with van der Waals surface area (Å²) in [6.07, 6.45) is 7.44. The van der Waals surface area contributed by atoms with Crippen LogP contribution in [-0.2, 0) is 0 Å². The van der Waals surface area contributed by atoms with E-state index in [1.807, 2.05) is 67.1 Å². The molecule has 0 bridgehead atoms. The first kappa shape index (κ1) is 22.4. The van der Waals surface area contributed by atoms with Gasteiger partial charge in [-0.15, -0.1) is 0 Å². The van der Waals surface area contributed by atoms with Crippen LogP contribution in [0.4, 0.5) is 0 Å². The van der Waals surface area contributed by atoms with E-state index in [0.717, 1.165) is 67.0 Å². The summed E-state index contributed by atoms with van der Waals surface area (Å²) < 4.78 is 4.64. The third-order valence-corrected chi connectivity index (χ3v) is 7.30. The highest BCUT2D eigenvalue weighted by molar-refractivity contribution is 6.24. The second kappa shape index (κ2) is 8.99. The molecule has 0 fully saturated rings. The lowest BCUT2D eigenvalue weighted by atomic mass is 10.1. The van der Waals surface area contributed by atoms with Gasteiger partial charge in [0.15, 0.2) is 0 Å². The number of hydrogen-bond donors (Lipinski definition) is 0. The van der Waals surface area contributed by atoms with E-state index in [2.05, 4.69) is 79.8 Å². The fourth-order valence-corrected chi connectivity index (χ4v) is 5.65. The van der Waals surface area contributed by atoms with Gasteiger partial charge in [0.25, 0.3) is 0 Å². The zero-order valence-electron chi connectivity index (χ0n) is 21.4. The molecule has 6 heterocycles. The average molecular weight is 515 g/mol. The molecule has 40 heavy (non-hydrogen) atoms. The van der Waals surface area contributed by atoms with Gasteiger partial charge in [-0.25, -0.2) is 4.98 Å². The summed E-state index contributed by atoms with van der Waals surface area (Å²) in [5, 5.41) is 3.26. The number of rotatable bonds is 4. The van der Waals surface area contributed by atoms with E-state index in [-0.39, 0.29) is 0 Å². The Morgan fingerprint density at radius 1 is 0.525 bits per heavy atom. The van der Waals surface area contributed by atoms with Crippen LogP contribution in [-0.4, -0.2) is 29.1 Å². The van der Waals surface area contributed by atoms with Crippen LogP contribution in [0.1, 0.15) is 0 Å². The predicted molar refractivity (Wildman–Crippen MR) is 160 cm³/mol. The number of hydrogen-bond acceptors (Lipinski definition) is 4. The van der Waals surface area contributed by atoms with Crippen molar-refractivity contribution in [3.8, 4) is 34.2 Å². The third-order valence-electron chi connectivity index (χ3n) is 7.30. The molecule has 0 N–H and O–H groups in total. The Labute approximate surface area is 229 Å². The molecule has 0 atom stereocenters. The molecule has 0 spiro atoms. The minimum Gasteiger partial charge on any atom is -0.295 e. The molecule has 2 aromatic carbocycles. The normalized spacial score (nSPS) is 11.5. The minimum atomic E-state index is 0.797. The molecule has 0 amide bonds. The fraction of sp³-hybridized carbons (Fsp3) is 0. The van der Waals surface area contributed by atoms with Crippen molar-refractivity contribution in [2.75, 3.05) is 0 Å². The van der Waals surface area contributed by atoms with Crippen LogP contribution in [0.15, 0.2) is 134 Å². The van der Waals surface area contributed by atoms with Crippen LogP contribution < -0.4 is 0 Å². The summed E-state index contributed by atoms with van der Waals surface area (Å²) in [7, 11) is 0. The molecule has 6 nitrogen and oxygen atoms in total. The summed E-state index contributed by atoms with van der Waals surface area (Å²) in [6, 6.07) is 37.0. The number of aromatic nitrogens is 6. The highest BCUT2D eigenvalue weighted by Gasteiger charge is 2.26. The van der Waals surface area contributed by atoms with Gasteiger partial charge >= 0.3 is 0 Å². The molecule has 0 aliphatic rings. The Bertz CT molecular complexity index is 2130. The van der Waals surface area contributed by atoms with Crippen LogP contribution in [0.25, 0.3) is 67.0 Å². The standard InChI is InChI=1S/C34H22N6/c1-3-11-23(12-4-1)39-30-17-20-35-22-26(30)31-25-21-29(27-15-7-9-18-36-27)38-32(28-16-8-10-19-37-28)33(25)40(34(31)39)24-13-5-2-6-14-24/h1-22H. The second-order valence-electron chi connectivity index (χ2n) is 9.62. The molecule has 0 aliphatic carbocycles. The Kier molecular flexibility index (Phi) is 5.03. The van der Waals surface area contributed by atoms with Gasteiger partial charge in [-0.2, -0.15) is 0 Å². The highest BCUT2D eigenvalue weighted by atomic mass is 15.1. The van der Waals surface area contributed by atoms with Crippen molar-refractivity contribution in [2.24, 2.45) is 0 Å². The molecule has 0 radical (unpaired) electrons. The van der Waals surface area contributed by atoms with Gasteiger partial charge in [-0.3, -0.25) is 24.1 Å². The number of nitrogens with zero attached hydrogens (tertiary/aromatic N) is 6. The minimum absolute atomic E-state index is 0.797. The quantitative estimate of drug-likeness (QED) is 0.242. The lowest BCUT2D eigenvalue weighted by molar-refractivity contribution is 1.06. The lowest BCUT2D eigenvalue weighted by Gasteiger charge is -2.15. The first-order chi connectivity index (χ1) is 19.9. The Morgan fingerprint density at radius 2 is 1.18 bits per heavy atom. The van der Waals surface area contributed by atoms with Crippen LogP contribution in [0.5, 0.6) is 0 Å². The van der Waals surface area contributed by atoms with Crippen molar-refractivity contribution in [1.29, 1.82) is 0 Å². The first-order valence-corrected chi connectivity index (χ1v) is 13.2. The Hall–Kier alpha value is -5.62. The maximum absolute atomic E-state index is 5.21. The van der Waals surface area contributed by atoms with Crippen molar-refractivity contribution in [3.63, 3.8) is 0 Å². The van der Waals surface area contributed by atoms with Crippen LogP contribution >= 0.6 is 0 Å². The first-order valence-electron chi connectivity index (χ1n) is 13.2. The monoisotopic (exact) mass is 514 g/mol. The van der Waals surface area contributed by atoms with Crippen LogP contribution in [0.2, 0.25) is 0 Å². The van der Waals surface area contributed by atoms with E-state index in [4.69, 9.17) is 9.97 Å². The van der Waals surface area contributed by atoms with Gasteiger partial charge in [0.1, 0.15) is 11.3 Å². The van der Waals surface area contributed by atoms with Gasteiger partial charge in [0, 0.05) is 52.3 Å². The van der Waals surface area contributed by atoms with Crippen molar-refractivity contribution in [3.05, 3.63) is 134 Å². The van der Waals surface area contributed by atoms with E-state index in [9.17, 15) is 0 Å². The summed E-state index contributed by atoms with van der Waals surface area (Å²) in [5.41, 5.74) is 8.46. The van der Waals surface area contributed by atoms with Gasteiger partial charge in [0.05, 0.1) is 28.1 Å². The van der Waals surface area contributed by atoms with Gasteiger partial charge in [-0.05, 0) is 60.7 Å². The van der Waals surface area contributed by atoms with Gasteiger partial charge in [-0.1, -0.05) is 48.5 Å². The fourth-order valence-electron chi connectivity index (χ4n) is 5.65. The van der Waals surface area contributed by atoms with Crippen molar-refractivity contribution in [2.45, 2.75) is 0 Å². The topological polar surface area (TPSA) is 61.4 Å². The SMILES string of the molecule is c1ccc(-n2c3ccncc3c3c4cc(-c5ccccn5)nc(-c5ccccn5)c4n(-c4ccccc4)c32)cc1. The number of para-hydroxylation sites is 2. The van der Waals surface area contributed by atoms with Crippen LogP contribution in [0, 0.1) is 0 Å². The van der Waals surface area contributed by atoms with Gasteiger partial charge < -0.3 is 0 Å². The molecule has 0 saturated heterocycles. The molecule has 188 valence electrons. The van der Waals surface area contributed by atoms with Crippen molar-refractivity contribution < 1.29 is 0 Å². The third kappa shape index (κ3) is 3.36. The van der Waals surface area contributed by atoms with E-state index in [0.29, 0.717) is 0 Å². The summed E-state index contributed by atoms with van der Waals surface area (Å²) in [5.74, 6) is 0. The molecule has 0 aliphatic heterocycles. The van der Waals surface area contributed by atoms with E-state index >= 15 is 0 Å².